The monoisotopic (exact) mass is 300 g/mol. The molecule has 0 saturated heterocycles. The Balaban J connectivity index is 1.78. The maximum Gasteiger partial charge on any atom is 0.120 e. The van der Waals surface area contributed by atoms with Gasteiger partial charge in [0.25, 0.3) is 0 Å². The first-order chi connectivity index (χ1) is 10.8. The van der Waals surface area contributed by atoms with Crippen LogP contribution in [0.15, 0.2) is 48.5 Å². The summed E-state index contributed by atoms with van der Waals surface area (Å²) >= 11 is 0. The van der Waals surface area contributed by atoms with Crippen molar-refractivity contribution in [3.05, 3.63) is 54.1 Å². The van der Waals surface area contributed by atoms with Gasteiger partial charge in [-0.05, 0) is 48.4 Å². The molecule has 2 aromatic carbocycles. The molecule has 0 aliphatic carbocycles. The van der Waals surface area contributed by atoms with Gasteiger partial charge in [-0.3, -0.25) is 0 Å². The molecule has 0 aliphatic heterocycles. The lowest BCUT2D eigenvalue weighted by Gasteiger charge is -2.09. The van der Waals surface area contributed by atoms with E-state index in [4.69, 9.17) is 14.2 Å². The molecule has 0 radical (unpaired) electrons. The van der Waals surface area contributed by atoms with Crippen LogP contribution in [0.3, 0.4) is 0 Å². The maximum atomic E-state index is 5.77. The standard InChI is InChI=1S/C19H24O3/c1-3-4-5-14-21-18-10-12-19(13-11-18)22-15-16-6-8-17(20-2)9-7-16/h6-13H,3-5,14-15H2,1-2H3. The number of methoxy groups -OCH3 is 1. The summed E-state index contributed by atoms with van der Waals surface area (Å²) in [5, 5.41) is 0. The third-order valence-electron chi connectivity index (χ3n) is 3.40. The smallest absolute Gasteiger partial charge is 0.120 e. The Bertz CT molecular complexity index is 532. The van der Waals surface area contributed by atoms with E-state index >= 15 is 0 Å². The van der Waals surface area contributed by atoms with E-state index in [1.54, 1.807) is 7.11 Å². The predicted octanol–water partition coefficient (Wildman–Crippen LogP) is 4.84. The van der Waals surface area contributed by atoms with Crippen LogP contribution in [-0.2, 0) is 6.61 Å². The summed E-state index contributed by atoms with van der Waals surface area (Å²) in [7, 11) is 1.66. The lowest BCUT2D eigenvalue weighted by atomic mass is 10.2. The highest BCUT2D eigenvalue weighted by Crippen LogP contribution is 2.19. The lowest BCUT2D eigenvalue weighted by Crippen LogP contribution is -1.98. The van der Waals surface area contributed by atoms with Crippen LogP contribution < -0.4 is 14.2 Å². The maximum absolute atomic E-state index is 5.77. The molecule has 0 spiro atoms. The molecule has 118 valence electrons. The summed E-state index contributed by atoms with van der Waals surface area (Å²) in [4.78, 5) is 0. The predicted molar refractivity (Wildman–Crippen MR) is 88.8 cm³/mol. The minimum Gasteiger partial charge on any atom is -0.497 e. The molecule has 2 aromatic rings. The Hall–Kier alpha value is -2.16. The van der Waals surface area contributed by atoms with E-state index < -0.39 is 0 Å². The van der Waals surface area contributed by atoms with Gasteiger partial charge in [0.2, 0.25) is 0 Å². The molecule has 0 N–H and O–H groups in total. The van der Waals surface area contributed by atoms with Crippen molar-refractivity contribution < 1.29 is 14.2 Å². The van der Waals surface area contributed by atoms with Gasteiger partial charge in [0.15, 0.2) is 0 Å². The first kappa shape index (κ1) is 16.2. The van der Waals surface area contributed by atoms with Crippen molar-refractivity contribution in [1.82, 2.24) is 0 Å². The third-order valence-corrected chi connectivity index (χ3v) is 3.40. The van der Waals surface area contributed by atoms with Gasteiger partial charge in [0, 0.05) is 0 Å². The Kier molecular flexibility index (Phi) is 6.62. The summed E-state index contributed by atoms with van der Waals surface area (Å²) < 4.78 is 16.6. The number of rotatable bonds is 9. The van der Waals surface area contributed by atoms with Crippen LogP contribution in [0.25, 0.3) is 0 Å². The molecule has 2 rings (SSSR count). The summed E-state index contributed by atoms with van der Waals surface area (Å²) in [6.45, 7) is 3.51. The summed E-state index contributed by atoms with van der Waals surface area (Å²) in [6.07, 6.45) is 3.52. The van der Waals surface area contributed by atoms with Gasteiger partial charge in [-0.1, -0.05) is 31.9 Å². The molecule has 0 bridgehead atoms. The molecular formula is C19H24O3. The van der Waals surface area contributed by atoms with Gasteiger partial charge in [0.1, 0.15) is 23.9 Å². The van der Waals surface area contributed by atoms with Gasteiger partial charge in [-0.2, -0.15) is 0 Å². The summed E-state index contributed by atoms with van der Waals surface area (Å²) in [6, 6.07) is 15.7. The van der Waals surface area contributed by atoms with Gasteiger partial charge in [-0.15, -0.1) is 0 Å². The van der Waals surface area contributed by atoms with E-state index in [0.717, 1.165) is 35.8 Å². The fraction of sp³-hybridized carbons (Fsp3) is 0.368. The number of benzene rings is 2. The Morgan fingerprint density at radius 2 is 1.32 bits per heavy atom. The quantitative estimate of drug-likeness (QED) is 0.620. The van der Waals surface area contributed by atoms with E-state index in [-0.39, 0.29) is 0 Å². The average Bonchev–Trinajstić information content (AvgIpc) is 2.58. The molecule has 0 unspecified atom stereocenters. The number of hydrogen-bond donors (Lipinski definition) is 0. The molecule has 0 aliphatic rings. The fourth-order valence-corrected chi connectivity index (χ4v) is 2.06. The van der Waals surface area contributed by atoms with Crippen LogP contribution in [0.1, 0.15) is 31.7 Å². The van der Waals surface area contributed by atoms with E-state index in [1.807, 2.05) is 48.5 Å². The van der Waals surface area contributed by atoms with Gasteiger partial charge < -0.3 is 14.2 Å². The molecule has 0 amide bonds. The second-order valence-corrected chi connectivity index (χ2v) is 5.16. The topological polar surface area (TPSA) is 27.7 Å². The molecule has 0 atom stereocenters. The van der Waals surface area contributed by atoms with Crippen molar-refractivity contribution in [2.24, 2.45) is 0 Å². The third kappa shape index (κ3) is 5.32. The van der Waals surface area contributed by atoms with Crippen LogP contribution in [-0.4, -0.2) is 13.7 Å². The fourth-order valence-electron chi connectivity index (χ4n) is 2.06. The van der Waals surface area contributed by atoms with Gasteiger partial charge >= 0.3 is 0 Å². The highest BCUT2D eigenvalue weighted by atomic mass is 16.5. The Morgan fingerprint density at radius 1 is 0.727 bits per heavy atom. The normalized spacial score (nSPS) is 10.3. The molecule has 0 saturated carbocycles. The zero-order chi connectivity index (χ0) is 15.6. The van der Waals surface area contributed by atoms with Crippen molar-refractivity contribution in [3.8, 4) is 17.2 Å². The van der Waals surface area contributed by atoms with Gasteiger partial charge in [0.05, 0.1) is 13.7 Å². The molecule has 0 heterocycles. The number of hydrogen-bond acceptors (Lipinski definition) is 3. The van der Waals surface area contributed by atoms with Gasteiger partial charge in [-0.25, -0.2) is 0 Å². The van der Waals surface area contributed by atoms with Crippen molar-refractivity contribution in [3.63, 3.8) is 0 Å². The van der Waals surface area contributed by atoms with Crippen LogP contribution >= 0.6 is 0 Å². The van der Waals surface area contributed by atoms with Crippen LogP contribution in [0.4, 0.5) is 0 Å². The second-order valence-electron chi connectivity index (χ2n) is 5.16. The van der Waals surface area contributed by atoms with E-state index in [9.17, 15) is 0 Å². The lowest BCUT2D eigenvalue weighted by molar-refractivity contribution is 0.297. The Labute approximate surface area is 132 Å². The molecule has 3 nitrogen and oxygen atoms in total. The van der Waals surface area contributed by atoms with Crippen molar-refractivity contribution in [2.45, 2.75) is 32.8 Å². The first-order valence-electron chi connectivity index (χ1n) is 7.80. The highest BCUT2D eigenvalue weighted by molar-refractivity contribution is 5.32. The molecule has 0 fully saturated rings. The van der Waals surface area contributed by atoms with Crippen LogP contribution in [0, 0.1) is 0 Å². The van der Waals surface area contributed by atoms with Crippen molar-refractivity contribution in [1.29, 1.82) is 0 Å². The summed E-state index contributed by atoms with van der Waals surface area (Å²) in [5.74, 6) is 2.60. The second kappa shape index (κ2) is 8.98. The minimum atomic E-state index is 0.542. The number of unbranched alkanes of at least 4 members (excludes halogenated alkanes) is 2. The highest BCUT2D eigenvalue weighted by Gasteiger charge is 1.99. The minimum absolute atomic E-state index is 0.542. The van der Waals surface area contributed by atoms with E-state index in [2.05, 4.69) is 6.92 Å². The van der Waals surface area contributed by atoms with Crippen LogP contribution in [0.5, 0.6) is 17.2 Å². The zero-order valence-corrected chi connectivity index (χ0v) is 13.4. The molecule has 3 heteroatoms. The zero-order valence-electron chi connectivity index (χ0n) is 13.4. The van der Waals surface area contributed by atoms with E-state index in [0.29, 0.717) is 6.61 Å². The first-order valence-corrected chi connectivity index (χ1v) is 7.80. The number of ether oxygens (including phenoxy) is 3. The van der Waals surface area contributed by atoms with Crippen molar-refractivity contribution in [2.75, 3.05) is 13.7 Å². The largest absolute Gasteiger partial charge is 0.497 e. The van der Waals surface area contributed by atoms with Crippen molar-refractivity contribution >= 4 is 0 Å². The molecular weight excluding hydrogens is 276 g/mol. The van der Waals surface area contributed by atoms with Crippen LogP contribution in [0.2, 0.25) is 0 Å². The SMILES string of the molecule is CCCCCOc1ccc(OCc2ccc(OC)cc2)cc1. The molecule has 22 heavy (non-hydrogen) atoms. The molecule has 0 aromatic heterocycles. The van der Waals surface area contributed by atoms with E-state index in [1.165, 1.54) is 12.8 Å². The average molecular weight is 300 g/mol. The summed E-state index contributed by atoms with van der Waals surface area (Å²) in [5.41, 5.74) is 1.11. The Morgan fingerprint density at radius 3 is 1.91 bits per heavy atom.